The number of hydrogen-bond acceptors (Lipinski definition) is 11. The number of para-hydroxylation sites is 1. The van der Waals surface area contributed by atoms with Crippen molar-refractivity contribution < 1.29 is 33.8 Å². The molecule has 2 aromatic heterocycles. The predicted octanol–water partition coefficient (Wildman–Crippen LogP) is 7.29. The zero-order valence-electron chi connectivity index (χ0n) is 36.7. The van der Waals surface area contributed by atoms with Gasteiger partial charge in [-0.25, -0.2) is 14.6 Å². The van der Waals surface area contributed by atoms with Gasteiger partial charge in [-0.05, 0) is 122 Å². The zero-order valence-corrected chi connectivity index (χ0v) is 36.7. The van der Waals surface area contributed by atoms with Crippen LogP contribution in [0, 0.1) is 0 Å². The van der Waals surface area contributed by atoms with Gasteiger partial charge in [0.1, 0.15) is 23.1 Å². The minimum absolute atomic E-state index is 0.237. The van der Waals surface area contributed by atoms with E-state index in [4.69, 9.17) is 15.2 Å². The van der Waals surface area contributed by atoms with Gasteiger partial charge >= 0.3 is 12.2 Å². The zero-order chi connectivity index (χ0) is 45.1. The molecule has 0 aliphatic rings. The van der Waals surface area contributed by atoms with Crippen LogP contribution in [0.15, 0.2) is 103 Å². The van der Waals surface area contributed by atoms with E-state index < -0.39 is 65.4 Å². The Labute approximate surface area is 365 Å². The standard InChI is InChI=1S/C47H64N8O7/c1-46(2,3)61-44(59)51-30-16-12-23-34(48)42(57)54-37(26-14-18-31-52-45(60)62-47(4,5)6)43(58)53-35-24-11-10-22-33(35)40(55-38-27-15-19-29-50-38)39(36-25-13-17-28-49-36)41(56)32-20-8-7-9-21-32/h7-11,13,15,17,19-22,24-25,27-29,34,37,39-41,56H,12,14,16,18,23,26,30-31,48H2,1-6H3,(H,50,55)(H,51,59)(H,52,60)(H,53,58)(H,54,57)/t34-,37-,39?,40?,41?/m1/s1. The third-order valence-corrected chi connectivity index (χ3v) is 9.56. The number of alkyl carbamates (subject to hydrolysis) is 2. The van der Waals surface area contributed by atoms with Gasteiger partial charge in [-0.1, -0.05) is 60.7 Å². The van der Waals surface area contributed by atoms with Crippen molar-refractivity contribution in [2.75, 3.05) is 23.7 Å². The van der Waals surface area contributed by atoms with Crippen molar-refractivity contribution in [3.63, 3.8) is 0 Å². The second kappa shape index (κ2) is 23.8. The van der Waals surface area contributed by atoms with Crippen molar-refractivity contribution in [2.24, 2.45) is 5.73 Å². The molecular formula is C47H64N8O7. The molecular weight excluding hydrogens is 789 g/mol. The molecule has 2 aromatic carbocycles. The SMILES string of the molecule is CC(C)(C)OC(=O)NCCCC[C@@H](N)C(=O)N[C@H](CCCCNC(=O)OC(C)(C)C)C(=O)Nc1ccccc1C(Nc1ccccn1)C(c1ccccn1)C(O)c1ccccc1. The van der Waals surface area contributed by atoms with Crippen LogP contribution in [0.1, 0.15) is 115 Å². The van der Waals surface area contributed by atoms with Gasteiger partial charge in [0, 0.05) is 36.9 Å². The smallest absolute Gasteiger partial charge is 0.407 e. The Kier molecular flexibility index (Phi) is 18.7. The van der Waals surface area contributed by atoms with E-state index >= 15 is 0 Å². The maximum atomic E-state index is 14.4. The Morgan fingerprint density at radius 2 is 1.24 bits per heavy atom. The third-order valence-electron chi connectivity index (χ3n) is 9.56. The van der Waals surface area contributed by atoms with E-state index in [9.17, 15) is 24.3 Å². The molecule has 0 aliphatic carbocycles. The predicted molar refractivity (Wildman–Crippen MR) is 240 cm³/mol. The molecule has 0 fully saturated rings. The Hall–Kier alpha value is -6.06. The summed E-state index contributed by atoms with van der Waals surface area (Å²) >= 11 is 0. The van der Waals surface area contributed by atoms with Crippen LogP contribution < -0.4 is 32.3 Å². The number of aliphatic hydroxyl groups excluding tert-OH is 1. The lowest BCUT2D eigenvalue weighted by atomic mass is 9.82. The van der Waals surface area contributed by atoms with E-state index in [0.717, 1.165) is 0 Å². The molecule has 0 spiro atoms. The van der Waals surface area contributed by atoms with Crippen molar-refractivity contribution in [3.05, 3.63) is 120 Å². The fourth-order valence-electron chi connectivity index (χ4n) is 6.67. The van der Waals surface area contributed by atoms with Crippen LogP contribution in [0.2, 0.25) is 0 Å². The fraction of sp³-hybridized carbons (Fsp3) is 0.447. The summed E-state index contributed by atoms with van der Waals surface area (Å²) in [6.45, 7) is 11.4. The summed E-state index contributed by atoms with van der Waals surface area (Å²) in [5.74, 6) is -1.11. The number of aliphatic hydroxyl groups is 1. The van der Waals surface area contributed by atoms with Gasteiger partial charge in [-0.3, -0.25) is 14.6 Å². The van der Waals surface area contributed by atoms with Crippen LogP contribution >= 0.6 is 0 Å². The van der Waals surface area contributed by atoms with Crippen LogP contribution in [0.25, 0.3) is 0 Å². The fourth-order valence-corrected chi connectivity index (χ4v) is 6.67. The first-order chi connectivity index (χ1) is 29.5. The molecule has 15 heteroatoms. The third kappa shape index (κ3) is 16.8. The lowest BCUT2D eigenvalue weighted by Crippen LogP contribution is -2.50. The number of benzene rings is 2. The summed E-state index contributed by atoms with van der Waals surface area (Å²) in [5, 5.41) is 27.1. The van der Waals surface area contributed by atoms with Crippen LogP contribution in [0.5, 0.6) is 0 Å². The number of hydrogen-bond donors (Lipinski definition) is 7. The molecule has 0 radical (unpaired) electrons. The first-order valence-electron chi connectivity index (χ1n) is 21.2. The lowest BCUT2D eigenvalue weighted by Gasteiger charge is -2.33. The number of nitrogens with one attached hydrogen (secondary N) is 5. The summed E-state index contributed by atoms with van der Waals surface area (Å²) in [7, 11) is 0. The van der Waals surface area contributed by atoms with Crippen molar-refractivity contribution in [1.82, 2.24) is 25.9 Å². The van der Waals surface area contributed by atoms with E-state index in [1.165, 1.54) is 0 Å². The number of pyridine rings is 2. The van der Waals surface area contributed by atoms with Gasteiger partial charge in [0.05, 0.1) is 24.1 Å². The first-order valence-corrected chi connectivity index (χ1v) is 21.2. The van der Waals surface area contributed by atoms with Gasteiger partial charge in [0.2, 0.25) is 11.8 Å². The lowest BCUT2D eigenvalue weighted by molar-refractivity contribution is -0.127. The summed E-state index contributed by atoms with van der Waals surface area (Å²) in [6, 6.07) is 25.0. The quantitative estimate of drug-likeness (QED) is 0.0413. The maximum Gasteiger partial charge on any atom is 0.407 e. The average Bonchev–Trinajstić information content (AvgIpc) is 3.22. The molecule has 0 saturated carbocycles. The number of carbonyl (C=O) groups excluding carboxylic acids is 4. The minimum atomic E-state index is -1.04. The molecule has 334 valence electrons. The minimum Gasteiger partial charge on any atom is -0.444 e. The number of anilines is 2. The molecule has 5 atom stereocenters. The van der Waals surface area contributed by atoms with Crippen molar-refractivity contribution in [2.45, 2.75) is 121 Å². The van der Waals surface area contributed by atoms with E-state index in [0.29, 0.717) is 73.5 Å². The van der Waals surface area contributed by atoms with E-state index in [-0.39, 0.29) is 6.42 Å². The van der Waals surface area contributed by atoms with Crippen LogP contribution in [-0.2, 0) is 19.1 Å². The number of ether oxygens (including phenoxy) is 2. The first kappa shape index (κ1) is 48.6. The number of aromatic nitrogens is 2. The van der Waals surface area contributed by atoms with Crippen molar-refractivity contribution in [1.29, 1.82) is 0 Å². The van der Waals surface area contributed by atoms with Gasteiger partial charge < -0.3 is 46.9 Å². The second-order valence-electron chi connectivity index (χ2n) is 17.1. The van der Waals surface area contributed by atoms with Crippen molar-refractivity contribution >= 4 is 35.5 Å². The van der Waals surface area contributed by atoms with Crippen LogP contribution in [0.4, 0.5) is 21.1 Å². The highest BCUT2D eigenvalue weighted by Crippen LogP contribution is 2.43. The van der Waals surface area contributed by atoms with Crippen LogP contribution in [0.3, 0.4) is 0 Å². The number of rotatable bonds is 21. The van der Waals surface area contributed by atoms with Crippen molar-refractivity contribution in [3.8, 4) is 0 Å². The van der Waals surface area contributed by atoms with Gasteiger partial charge in [0.15, 0.2) is 0 Å². The summed E-state index contributed by atoms with van der Waals surface area (Å²) in [4.78, 5) is 61.4. The molecule has 8 N–H and O–H groups in total. The largest absolute Gasteiger partial charge is 0.444 e. The molecule has 4 amide bonds. The molecule has 62 heavy (non-hydrogen) atoms. The summed E-state index contributed by atoms with van der Waals surface area (Å²) in [5.41, 5.74) is 7.45. The Morgan fingerprint density at radius 3 is 1.82 bits per heavy atom. The summed E-state index contributed by atoms with van der Waals surface area (Å²) < 4.78 is 10.6. The Bertz CT molecular complexity index is 1990. The molecule has 2 heterocycles. The normalized spacial score (nSPS) is 13.9. The van der Waals surface area contributed by atoms with Gasteiger partial charge in [-0.15, -0.1) is 0 Å². The molecule has 15 nitrogen and oxygen atoms in total. The number of nitrogens with zero attached hydrogens (tertiary/aromatic N) is 2. The molecule has 4 aromatic rings. The molecule has 0 aliphatic heterocycles. The monoisotopic (exact) mass is 852 g/mol. The highest BCUT2D eigenvalue weighted by Gasteiger charge is 2.35. The van der Waals surface area contributed by atoms with Gasteiger partial charge in [0.25, 0.3) is 0 Å². The molecule has 3 unspecified atom stereocenters. The number of unbranched alkanes of at least 4 members (excludes halogenated alkanes) is 2. The topological polar surface area (TPSA) is 219 Å². The average molecular weight is 853 g/mol. The van der Waals surface area contributed by atoms with E-state index in [1.807, 2.05) is 72.8 Å². The number of carbonyl (C=O) groups is 4. The number of nitrogens with two attached hydrogens (primary N) is 1. The molecule has 0 bridgehead atoms. The second-order valence-corrected chi connectivity index (χ2v) is 17.1. The van der Waals surface area contributed by atoms with E-state index in [2.05, 4.69) is 36.6 Å². The Balaban J connectivity index is 1.57. The summed E-state index contributed by atoms with van der Waals surface area (Å²) in [6.07, 6.45) is 3.88. The highest BCUT2D eigenvalue weighted by molar-refractivity contribution is 5.98. The molecule has 4 rings (SSSR count). The van der Waals surface area contributed by atoms with Gasteiger partial charge in [-0.2, -0.15) is 0 Å². The van der Waals surface area contributed by atoms with E-state index in [1.54, 1.807) is 72.1 Å². The number of amides is 4. The maximum absolute atomic E-state index is 14.4. The highest BCUT2D eigenvalue weighted by atomic mass is 16.6. The Morgan fingerprint density at radius 1 is 0.677 bits per heavy atom. The molecule has 0 saturated heterocycles. The van der Waals surface area contributed by atoms with Crippen LogP contribution in [-0.4, -0.2) is 75.5 Å².